The summed E-state index contributed by atoms with van der Waals surface area (Å²) in [6.45, 7) is 0. The van der Waals surface area contributed by atoms with E-state index in [1.54, 1.807) is 24.5 Å². The van der Waals surface area contributed by atoms with Gasteiger partial charge in [-0.3, -0.25) is 4.98 Å². The Labute approximate surface area is 118 Å². The quantitative estimate of drug-likeness (QED) is 0.824. The number of nitrogens with one attached hydrogen (secondary N) is 2. The molecule has 3 nitrogen and oxygen atoms in total. The van der Waals surface area contributed by atoms with Gasteiger partial charge in [0.1, 0.15) is 0 Å². The van der Waals surface area contributed by atoms with Crippen molar-refractivity contribution in [2.24, 2.45) is 0 Å². The molecule has 2 N–H and O–H groups in total. The predicted octanol–water partition coefficient (Wildman–Crippen LogP) is 3.91. The first-order chi connectivity index (χ1) is 9.45. The van der Waals surface area contributed by atoms with Crippen molar-refractivity contribution in [2.75, 3.05) is 10.6 Å². The zero-order chi connectivity index (χ0) is 14.6. The molecule has 1 aromatic heterocycles. The average molecular weight is 297 g/mol. The highest BCUT2D eigenvalue weighted by Crippen LogP contribution is 2.30. The van der Waals surface area contributed by atoms with E-state index in [2.05, 4.69) is 15.6 Å². The Hall–Kier alpha value is -2.15. The van der Waals surface area contributed by atoms with Crippen molar-refractivity contribution < 1.29 is 13.2 Å². The van der Waals surface area contributed by atoms with Gasteiger partial charge in [0, 0.05) is 23.8 Å². The molecule has 0 radical (unpaired) electrons. The molecule has 0 saturated carbocycles. The van der Waals surface area contributed by atoms with Gasteiger partial charge in [0.25, 0.3) is 0 Å². The molecule has 7 heteroatoms. The van der Waals surface area contributed by atoms with Crippen LogP contribution in [0.5, 0.6) is 0 Å². The van der Waals surface area contributed by atoms with E-state index in [4.69, 9.17) is 12.2 Å². The van der Waals surface area contributed by atoms with Crippen LogP contribution in [0.2, 0.25) is 0 Å². The molecule has 0 spiro atoms. The van der Waals surface area contributed by atoms with E-state index >= 15 is 0 Å². The lowest BCUT2D eigenvalue weighted by atomic mass is 10.2. The van der Waals surface area contributed by atoms with Gasteiger partial charge in [-0.25, -0.2) is 0 Å². The van der Waals surface area contributed by atoms with Gasteiger partial charge < -0.3 is 10.6 Å². The Bertz CT molecular complexity index is 599. The lowest BCUT2D eigenvalue weighted by Crippen LogP contribution is -2.19. The Balaban J connectivity index is 2.05. The molecule has 2 aromatic rings. The molecule has 1 aromatic carbocycles. The first kappa shape index (κ1) is 14.3. The minimum absolute atomic E-state index is 0.204. The Morgan fingerprint density at radius 1 is 1.00 bits per heavy atom. The molecular formula is C13H10F3N3S. The van der Waals surface area contributed by atoms with Gasteiger partial charge in [0.05, 0.1) is 5.56 Å². The second-order valence-electron chi connectivity index (χ2n) is 3.89. The maximum absolute atomic E-state index is 12.6. The number of pyridine rings is 1. The van der Waals surface area contributed by atoms with Gasteiger partial charge in [-0.1, -0.05) is 6.07 Å². The van der Waals surface area contributed by atoms with E-state index in [0.29, 0.717) is 5.69 Å². The third-order valence-electron chi connectivity index (χ3n) is 2.39. The van der Waals surface area contributed by atoms with Gasteiger partial charge in [-0.2, -0.15) is 13.2 Å². The minimum Gasteiger partial charge on any atom is -0.332 e. The molecule has 0 fully saturated rings. The number of anilines is 2. The van der Waals surface area contributed by atoms with E-state index in [1.807, 2.05) is 0 Å². The average Bonchev–Trinajstić information content (AvgIpc) is 2.39. The van der Waals surface area contributed by atoms with Crippen molar-refractivity contribution in [1.82, 2.24) is 4.98 Å². The lowest BCUT2D eigenvalue weighted by molar-refractivity contribution is -0.137. The second-order valence-corrected chi connectivity index (χ2v) is 4.30. The smallest absolute Gasteiger partial charge is 0.332 e. The number of halogens is 3. The molecule has 0 aliphatic rings. The Morgan fingerprint density at radius 2 is 1.65 bits per heavy atom. The van der Waals surface area contributed by atoms with Crippen molar-refractivity contribution in [1.29, 1.82) is 0 Å². The summed E-state index contributed by atoms with van der Waals surface area (Å²) in [5, 5.41) is 5.75. The third-order valence-corrected chi connectivity index (χ3v) is 2.59. The van der Waals surface area contributed by atoms with Crippen molar-refractivity contribution in [3.8, 4) is 0 Å². The van der Waals surface area contributed by atoms with Crippen LogP contribution in [0.25, 0.3) is 0 Å². The highest BCUT2D eigenvalue weighted by atomic mass is 32.1. The molecule has 0 amide bonds. The van der Waals surface area contributed by atoms with E-state index in [0.717, 1.165) is 12.1 Å². The van der Waals surface area contributed by atoms with Crippen LogP contribution in [0.4, 0.5) is 24.5 Å². The van der Waals surface area contributed by atoms with Crippen LogP contribution in [0.15, 0.2) is 48.8 Å². The SMILES string of the molecule is FC(F)(F)c1cccc(NC(=S)Nc2ccncc2)c1. The Morgan fingerprint density at radius 3 is 2.30 bits per heavy atom. The zero-order valence-corrected chi connectivity index (χ0v) is 10.9. The third kappa shape index (κ3) is 3.92. The van der Waals surface area contributed by atoms with Crippen molar-refractivity contribution in [3.63, 3.8) is 0 Å². The molecule has 0 atom stereocenters. The summed E-state index contributed by atoms with van der Waals surface area (Å²) in [5.74, 6) is 0. The van der Waals surface area contributed by atoms with Crippen LogP contribution < -0.4 is 10.6 Å². The number of hydrogen-bond acceptors (Lipinski definition) is 2. The molecule has 104 valence electrons. The standard InChI is InChI=1S/C13H10F3N3S/c14-13(15,16)9-2-1-3-11(8-9)19-12(20)18-10-4-6-17-7-5-10/h1-8H,(H2,17,18,19,20). The summed E-state index contributed by atoms with van der Waals surface area (Å²) in [6, 6.07) is 8.22. The lowest BCUT2D eigenvalue weighted by Gasteiger charge is -2.12. The van der Waals surface area contributed by atoms with Crippen LogP contribution in [0, 0.1) is 0 Å². The molecule has 20 heavy (non-hydrogen) atoms. The fourth-order valence-electron chi connectivity index (χ4n) is 1.50. The predicted molar refractivity (Wildman–Crippen MR) is 75.5 cm³/mol. The summed E-state index contributed by atoms with van der Waals surface area (Å²) < 4.78 is 37.7. The number of hydrogen-bond donors (Lipinski definition) is 2. The summed E-state index contributed by atoms with van der Waals surface area (Å²) in [7, 11) is 0. The maximum atomic E-state index is 12.6. The minimum atomic E-state index is -4.38. The number of alkyl halides is 3. The van der Waals surface area contributed by atoms with Crippen LogP contribution >= 0.6 is 12.2 Å². The second kappa shape index (κ2) is 5.87. The summed E-state index contributed by atoms with van der Waals surface area (Å²) in [6.07, 6.45) is -1.22. The Kier molecular flexibility index (Phi) is 4.19. The first-order valence-electron chi connectivity index (χ1n) is 5.60. The van der Waals surface area contributed by atoms with Crippen molar-refractivity contribution in [3.05, 3.63) is 54.4 Å². The van der Waals surface area contributed by atoms with E-state index in [9.17, 15) is 13.2 Å². The number of rotatable bonds is 2. The summed E-state index contributed by atoms with van der Waals surface area (Å²) in [5.41, 5.74) is 0.241. The van der Waals surface area contributed by atoms with Gasteiger partial charge in [0.2, 0.25) is 0 Å². The fraction of sp³-hybridized carbons (Fsp3) is 0.0769. The number of nitrogens with zero attached hydrogens (tertiary/aromatic N) is 1. The van der Waals surface area contributed by atoms with Crippen LogP contribution in [0.1, 0.15) is 5.56 Å². The molecule has 2 rings (SSSR count). The van der Waals surface area contributed by atoms with E-state index in [-0.39, 0.29) is 10.8 Å². The monoisotopic (exact) mass is 297 g/mol. The van der Waals surface area contributed by atoms with Gasteiger partial charge in [-0.05, 0) is 42.5 Å². The molecule has 0 bridgehead atoms. The normalized spacial score (nSPS) is 10.9. The van der Waals surface area contributed by atoms with E-state index in [1.165, 1.54) is 12.1 Å². The van der Waals surface area contributed by atoms with Gasteiger partial charge in [-0.15, -0.1) is 0 Å². The highest BCUT2D eigenvalue weighted by molar-refractivity contribution is 7.80. The topological polar surface area (TPSA) is 37.0 Å². The number of aromatic nitrogens is 1. The van der Waals surface area contributed by atoms with Gasteiger partial charge in [0.15, 0.2) is 5.11 Å². The van der Waals surface area contributed by atoms with E-state index < -0.39 is 11.7 Å². The molecule has 0 saturated heterocycles. The molecule has 0 aliphatic carbocycles. The molecule has 0 unspecified atom stereocenters. The molecule has 0 aliphatic heterocycles. The molecule has 1 heterocycles. The van der Waals surface area contributed by atoms with Crippen LogP contribution in [0.3, 0.4) is 0 Å². The highest BCUT2D eigenvalue weighted by Gasteiger charge is 2.30. The van der Waals surface area contributed by atoms with Crippen molar-refractivity contribution in [2.45, 2.75) is 6.18 Å². The van der Waals surface area contributed by atoms with Crippen molar-refractivity contribution >= 4 is 28.7 Å². The van der Waals surface area contributed by atoms with Crippen LogP contribution in [-0.4, -0.2) is 10.1 Å². The van der Waals surface area contributed by atoms with Crippen LogP contribution in [-0.2, 0) is 6.18 Å². The first-order valence-corrected chi connectivity index (χ1v) is 6.01. The van der Waals surface area contributed by atoms with Gasteiger partial charge >= 0.3 is 6.18 Å². The fourth-order valence-corrected chi connectivity index (χ4v) is 1.74. The number of benzene rings is 1. The maximum Gasteiger partial charge on any atom is 0.416 e. The summed E-state index contributed by atoms with van der Waals surface area (Å²) >= 11 is 5.03. The largest absolute Gasteiger partial charge is 0.416 e. The molecular weight excluding hydrogens is 287 g/mol. The zero-order valence-electron chi connectivity index (χ0n) is 10.1. The number of thiocarbonyl (C=S) groups is 1. The summed E-state index contributed by atoms with van der Waals surface area (Å²) in [4.78, 5) is 3.85.